The Hall–Kier alpha value is -1.06. The van der Waals surface area contributed by atoms with Gasteiger partial charge in [-0.3, -0.25) is 4.79 Å². The molecule has 0 unspecified atom stereocenters. The van der Waals surface area contributed by atoms with Crippen molar-refractivity contribution in [2.45, 2.75) is 45.6 Å². The summed E-state index contributed by atoms with van der Waals surface area (Å²) in [7, 11) is 0. The molecule has 0 aromatic rings. The third kappa shape index (κ3) is 2.70. The summed E-state index contributed by atoms with van der Waals surface area (Å²) >= 11 is 0. The number of carboxylic acid groups (broad SMARTS) is 1. The van der Waals surface area contributed by atoms with Crippen molar-refractivity contribution in [1.29, 1.82) is 0 Å². The summed E-state index contributed by atoms with van der Waals surface area (Å²) in [5, 5.41) is 8.97. The van der Waals surface area contributed by atoms with Crippen molar-refractivity contribution in [3.05, 3.63) is 0 Å². The number of carbonyl (C=O) groups excluding carboxylic acids is 1. The zero-order chi connectivity index (χ0) is 11.4. The molecule has 4 nitrogen and oxygen atoms in total. The lowest BCUT2D eigenvalue weighted by atomic mass is 10.0. The van der Waals surface area contributed by atoms with E-state index in [1.54, 1.807) is 6.92 Å². The molecule has 1 heterocycles. The maximum Gasteiger partial charge on any atom is 0.326 e. The molecule has 0 bridgehead atoms. The SMILES string of the molecule is CCC[C@H]1CC(=O)N([C@H](CC)C(=O)O)C1. The Kier molecular flexibility index (Phi) is 4.12. The maximum absolute atomic E-state index is 11.6. The molecule has 2 atom stereocenters. The average Bonchev–Trinajstić information content (AvgIpc) is 2.49. The first kappa shape index (κ1) is 12.0. The second-order valence-electron chi connectivity index (χ2n) is 4.17. The van der Waals surface area contributed by atoms with Crippen LogP contribution in [0.4, 0.5) is 0 Å². The third-order valence-electron chi connectivity index (χ3n) is 2.98. The van der Waals surface area contributed by atoms with Crippen molar-refractivity contribution in [3.8, 4) is 0 Å². The Labute approximate surface area is 90.3 Å². The van der Waals surface area contributed by atoms with Crippen molar-refractivity contribution in [2.24, 2.45) is 5.92 Å². The first-order valence-corrected chi connectivity index (χ1v) is 5.62. The highest BCUT2D eigenvalue weighted by molar-refractivity contribution is 5.85. The molecule has 1 N–H and O–H groups in total. The van der Waals surface area contributed by atoms with E-state index in [0.717, 1.165) is 12.8 Å². The van der Waals surface area contributed by atoms with E-state index in [4.69, 9.17) is 5.11 Å². The van der Waals surface area contributed by atoms with E-state index >= 15 is 0 Å². The Bertz CT molecular complexity index is 252. The predicted molar refractivity (Wildman–Crippen MR) is 56.4 cm³/mol. The summed E-state index contributed by atoms with van der Waals surface area (Å²) in [4.78, 5) is 24.1. The molecule has 15 heavy (non-hydrogen) atoms. The van der Waals surface area contributed by atoms with Crippen LogP contribution in [0.1, 0.15) is 39.5 Å². The van der Waals surface area contributed by atoms with Crippen LogP contribution in [0.5, 0.6) is 0 Å². The highest BCUT2D eigenvalue weighted by Gasteiger charge is 2.36. The largest absolute Gasteiger partial charge is 0.480 e. The van der Waals surface area contributed by atoms with Crippen LogP contribution in [0.15, 0.2) is 0 Å². The van der Waals surface area contributed by atoms with Gasteiger partial charge in [-0.1, -0.05) is 20.3 Å². The Balaban J connectivity index is 2.63. The summed E-state index contributed by atoms with van der Waals surface area (Å²) in [6.45, 7) is 4.51. The zero-order valence-electron chi connectivity index (χ0n) is 9.40. The van der Waals surface area contributed by atoms with Crippen molar-refractivity contribution in [2.75, 3.05) is 6.54 Å². The van der Waals surface area contributed by atoms with Gasteiger partial charge in [0.15, 0.2) is 0 Å². The number of hydrogen-bond acceptors (Lipinski definition) is 2. The first-order valence-electron chi connectivity index (χ1n) is 5.62. The van der Waals surface area contributed by atoms with Crippen molar-refractivity contribution < 1.29 is 14.7 Å². The fourth-order valence-corrected chi connectivity index (χ4v) is 2.24. The molecule has 0 spiro atoms. The van der Waals surface area contributed by atoms with Gasteiger partial charge in [0, 0.05) is 13.0 Å². The summed E-state index contributed by atoms with van der Waals surface area (Å²) < 4.78 is 0. The van der Waals surface area contributed by atoms with Gasteiger partial charge in [0.25, 0.3) is 0 Å². The molecule has 0 saturated carbocycles. The fourth-order valence-electron chi connectivity index (χ4n) is 2.24. The van der Waals surface area contributed by atoms with E-state index in [1.807, 2.05) is 0 Å². The molecule has 1 amide bonds. The van der Waals surface area contributed by atoms with Gasteiger partial charge in [0.05, 0.1) is 0 Å². The minimum Gasteiger partial charge on any atom is -0.480 e. The molecule has 0 radical (unpaired) electrons. The smallest absolute Gasteiger partial charge is 0.326 e. The molecule has 1 aliphatic rings. The van der Waals surface area contributed by atoms with Gasteiger partial charge < -0.3 is 10.0 Å². The molecule has 1 rings (SSSR count). The normalized spacial score (nSPS) is 23.2. The molecule has 1 fully saturated rings. The summed E-state index contributed by atoms with van der Waals surface area (Å²) in [5.41, 5.74) is 0. The number of rotatable bonds is 5. The standard InChI is InChI=1S/C11H19NO3/c1-3-5-8-6-10(13)12(7-8)9(4-2)11(14)15/h8-9H,3-7H2,1-2H3,(H,14,15)/t8-,9+/m0/s1. The maximum atomic E-state index is 11.6. The highest BCUT2D eigenvalue weighted by atomic mass is 16.4. The van der Waals surface area contributed by atoms with Gasteiger partial charge in [-0.2, -0.15) is 0 Å². The second-order valence-corrected chi connectivity index (χ2v) is 4.17. The number of aliphatic carboxylic acids is 1. The number of hydrogen-bond donors (Lipinski definition) is 1. The van der Waals surface area contributed by atoms with Gasteiger partial charge >= 0.3 is 5.97 Å². The van der Waals surface area contributed by atoms with E-state index in [1.165, 1.54) is 4.90 Å². The third-order valence-corrected chi connectivity index (χ3v) is 2.98. The van der Waals surface area contributed by atoms with E-state index in [9.17, 15) is 9.59 Å². The minimum atomic E-state index is -0.886. The molecule has 1 aliphatic heterocycles. The number of carboxylic acids is 1. The molecular formula is C11H19NO3. The van der Waals surface area contributed by atoms with Crippen molar-refractivity contribution >= 4 is 11.9 Å². The molecule has 0 aliphatic carbocycles. The Morgan fingerprint density at radius 1 is 1.60 bits per heavy atom. The Morgan fingerprint density at radius 3 is 2.73 bits per heavy atom. The highest BCUT2D eigenvalue weighted by Crippen LogP contribution is 2.24. The molecular weight excluding hydrogens is 194 g/mol. The second kappa shape index (κ2) is 5.14. The average molecular weight is 213 g/mol. The molecule has 1 saturated heterocycles. The van der Waals surface area contributed by atoms with Gasteiger partial charge in [-0.05, 0) is 18.8 Å². The Morgan fingerprint density at radius 2 is 2.27 bits per heavy atom. The van der Waals surface area contributed by atoms with Crippen LogP contribution in [-0.4, -0.2) is 34.5 Å². The lowest BCUT2D eigenvalue weighted by molar-refractivity contribution is -0.148. The number of nitrogens with zero attached hydrogens (tertiary/aromatic N) is 1. The van der Waals surface area contributed by atoms with Crippen LogP contribution >= 0.6 is 0 Å². The lowest BCUT2D eigenvalue weighted by Crippen LogP contribution is -2.41. The summed E-state index contributed by atoms with van der Waals surface area (Å²) in [6, 6.07) is -0.626. The monoisotopic (exact) mass is 213 g/mol. The van der Waals surface area contributed by atoms with E-state index < -0.39 is 12.0 Å². The summed E-state index contributed by atoms with van der Waals surface area (Å²) in [5.74, 6) is -0.526. The number of amides is 1. The van der Waals surface area contributed by atoms with Gasteiger partial charge in [-0.25, -0.2) is 4.79 Å². The lowest BCUT2D eigenvalue weighted by Gasteiger charge is -2.23. The van der Waals surface area contributed by atoms with E-state index in [2.05, 4.69) is 6.92 Å². The van der Waals surface area contributed by atoms with E-state index in [0.29, 0.717) is 25.3 Å². The van der Waals surface area contributed by atoms with E-state index in [-0.39, 0.29) is 5.91 Å². The number of likely N-dealkylation sites (tertiary alicyclic amines) is 1. The van der Waals surface area contributed by atoms with Crippen molar-refractivity contribution in [1.82, 2.24) is 4.90 Å². The molecule has 0 aromatic heterocycles. The van der Waals surface area contributed by atoms with Gasteiger partial charge in [0.1, 0.15) is 6.04 Å². The predicted octanol–water partition coefficient (Wildman–Crippen LogP) is 1.50. The van der Waals surface area contributed by atoms with Crippen LogP contribution in [0.3, 0.4) is 0 Å². The quantitative estimate of drug-likeness (QED) is 0.753. The zero-order valence-corrected chi connectivity index (χ0v) is 9.40. The minimum absolute atomic E-state index is 0.00250. The van der Waals surface area contributed by atoms with Gasteiger partial charge in [0.2, 0.25) is 5.91 Å². The number of carbonyl (C=O) groups is 2. The molecule has 4 heteroatoms. The fraction of sp³-hybridized carbons (Fsp3) is 0.818. The summed E-state index contributed by atoms with van der Waals surface area (Å²) in [6.07, 6.45) is 3.07. The topological polar surface area (TPSA) is 57.6 Å². The molecule has 0 aromatic carbocycles. The van der Waals surface area contributed by atoms with Crippen molar-refractivity contribution in [3.63, 3.8) is 0 Å². The van der Waals surface area contributed by atoms with Crippen LogP contribution in [0, 0.1) is 5.92 Å². The molecule has 86 valence electrons. The van der Waals surface area contributed by atoms with Crippen LogP contribution < -0.4 is 0 Å². The van der Waals surface area contributed by atoms with Crippen LogP contribution in [0.25, 0.3) is 0 Å². The first-order chi connectivity index (χ1) is 7.10. The van der Waals surface area contributed by atoms with Gasteiger partial charge in [-0.15, -0.1) is 0 Å². The van der Waals surface area contributed by atoms with Crippen LogP contribution in [0.2, 0.25) is 0 Å². The van der Waals surface area contributed by atoms with Crippen LogP contribution in [-0.2, 0) is 9.59 Å².